The third-order valence-electron chi connectivity index (χ3n) is 2.92. The molecule has 0 N–H and O–H groups in total. The Morgan fingerprint density at radius 1 is 1.09 bits per heavy atom. The van der Waals surface area contributed by atoms with Crippen LogP contribution in [-0.2, 0) is 27.2 Å². The SMILES string of the molecule is CCCCCCC[n+]1ccn(C)c1.CCOP(=O)([O-])OCC. The largest absolute Gasteiger partial charge is 0.756 e. The van der Waals surface area contributed by atoms with Gasteiger partial charge in [0, 0.05) is 0 Å². The van der Waals surface area contributed by atoms with Crippen molar-refractivity contribution in [1.29, 1.82) is 0 Å². The zero-order chi connectivity index (χ0) is 16.8. The number of nitrogens with zero attached hydrogens (tertiary/aromatic N) is 2. The van der Waals surface area contributed by atoms with Gasteiger partial charge < -0.3 is 13.9 Å². The van der Waals surface area contributed by atoms with Crippen LogP contribution in [-0.4, -0.2) is 17.8 Å². The summed E-state index contributed by atoms with van der Waals surface area (Å²) < 4.78 is 23.3. The number of aryl methyl sites for hydroxylation is 2. The van der Waals surface area contributed by atoms with E-state index in [2.05, 4.69) is 50.9 Å². The summed E-state index contributed by atoms with van der Waals surface area (Å²) in [5.41, 5.74) is 0. The second-order valence-corrected chi connectivity index (χ2v) is 6.42. The van der Waals surface area contributed by atoms with E-state index in [-0.39, 0.29) is 13.2 Å². The van der Waals surface area contributed by atoms with Crippen molar-refractivity contribution < 1.29 is 23.1 Å². The molecule has 1 rings (SSSR count). The molecule has 0 bridgehead atoms. The minimum absolute atomic E-state index is 0.126. The van der Waals surface area contributed by atoms with Crippen molar-refractivity contribution >= 4 is 7.82 Å². The molecular weight excluding hydrogens is 303 g/mol. The Hall–Kier alpha value is -0.680. The summed E-state index contributed by atoms with van der Waals surface area (Å²) in [6, 6.07) is 0. The lowest BCUT2D eigenvalue weighted by atomic mass is 10.1. The van der Waals surface area contributed by atoms with E-state index < -0.39 is 7.82 Å². The van der Waals surface area contributed by atoms with E-state index in [0.717, 1.165) is 0 Å². The van der Waals surface area contributed by atoms with Crippen LogP contribution in [0.1, 0.15) is 52.9 Å². The molecule has 22 heavy (non-hydrogen) atoms. The first kappa shape index (κ1) is 21.3. The van der Waals surface area contributed by atoms with E-state index in [0.29, 0.717) is 0 Å². The molecule has 1 aromatic rings. The molecule has 0 amide bonds. The fraction of sp³-hybridized carbons (Fsp3) is 0.800. The molecule has 7 heteroatoms. The second kappa shape index (κ2) is 12.8. The topological polar surface area (TPSA) is 67.4 Å². The Morgan fingerprint density at radius 2 is 1.68 bits per heavy atom. The van der Waals surface area contributed by atoms with Gasteiger partial charge in [0.2, 0.25) is 6.33 Å². The van der Waals surface area contributed by atoms with Crippen LogP contribution in [0.3, 0.4) is 0 Å². The maximum atomic E-state index is 10.4. The van der Waals surface area contributed by atoms with E-state index in [9.17, 15) is 9.46 Å². The van der Waals surface area contributed by atoms with Crippen LogP contribution in [0.25, 0.3) is 0 Å². The van der Waals surface area contributed by atoms with Crippen LogP contribution in [0.15, 0.2) is 18.7 Å². The van der Waals surface area contributed by atoms with E-state index in [4.69, 9.17) is 0 Å². The van der Waals surface area contributed by atoms with Gasteiger partial charge in [0.05, 0.1) is 26.8 Å². The summed E-state index contributed by atoms with van der Waals surface area (Å²) in [6.07, 6.45) is 13.2. The Bertz CT molecular complexity index is 413. The van der Waals surface area contributed by atoms with Gasteiger partial charge >= 0.3 is 0 Å². The average molecular weight is 334 g/mol. The minimum atomic E-state index is -3.94. The van der Waals surface area contributed by atoms with Crippen molar-refractivity contribution in [2.24, 2.45) is 7.05 Å². The maximum Gasteiger partial charge on any atom is 0.267 e. The molecule has 6 nitrogen and oxygen atoms in total. The van der Waals surface area contributed by atoms with E-state index >= 15 is 0 Å². The summed E-state index contributed by atoms with van der Waals surface area (Å²) in [6.45, 7) is 6.85. The number of phosphoric acid groups is 1. The van der Waals surface area contributed by atoms with Crippen molar-refractivity contribution in [2.75, 3.05) is 13.2 Å². The molecule has 0 unspecified atom stereocenters. The van der Waals surface area contributed by atoms with E-state index in [1.165, 1.54) is 38.6 Å². The number of hydrogen-bond donors (Lipinski definition) is 0. The highest BCUT2D eigenvalue weighted by atomic mass is 31.2. The van der Waals surface area contributed by atoms with Gasteiger partial charge in [-0.3, -0.25) is 4.57 Å². The lowest BCUT2D eigenvalue weighted by Crippen LogP contribution is -2.30. The minimum Gasteiger partial charge on any atom is -0.756 e. The molecule has 0 radical (unpaired) electrons. The second-order valence-electron chi connectivity index (χ2n) is 5.01. The monoisotopic (exact) mass is 334 g/mol. The molecule has 0 atom stereocenters. The molecule has 0 aliphatic carbocycles. The predicted octanol–water partition coefficient (Wildman–Crippen LogP) is 2.81. The van der Waals surface area contributed by atoms with Gasteiger partial charge in [0.1, 0.15) is 12.4 Å². The fourth-order valence-electron chi connectivity index (χ4n) is 1.89. The number of rotatable bonds is 10. The Balaban J connectivity index is 0.000000433. The highest BCUT2D eigenvalue weighted by Crippen LogP contribution is 2.37. The van der Waals surface area contributed by atoms with Crippen LogP contribution >= 0.6 is 7.82 Å². The first-order valence-corrected chi connectivity index (χ1v) is 9.52. The van der Waals surface area contributed by atoms with Crippen LogP contribution < -0.4 is 9.46 Å². The molecule has 0 aliphatic heterocycles. The van der Waals surface area contributed by atoms with Crippen LogP contribution in [0.2, 0.25) is 0 Å². The summed E-state index contributed by atoms with van der Waals surface area (Å²) >= 11 is 0. The van der Waals surface area contributed by atoms with Crippen molar-refractivity contribution in [2.45, 2.75) is 59.4 Å². The fourth-order valence-corrected chi connectivity index (χ4v) is 2.59. The predicted molar refractivity (Wildman–Crippen MR) is 85.2 cm³/mol. The Morgan fingerprint density at radius 3 is 2.14 bits per heavy atom. The van der Waals surface area contributed by atoms with Gasteiger partial charge in [0.15, 0.2) is 0 Å². The molecule has 0 saturated heterocycles. The number of unbranched alkanes of at least 4 members (excludes halogenated alkanes) is 4. The zero-order valence-corrected chi connectivity index (χ0v) is 15.3. The van der Waals surface area contributed by atoms with Gasteiger partial charge in [-0.15, -0.1) is 0 Å². The lowest BCUT2D eigenvalue weighted by Gasteiger charge is -2.20. The van der Waals surface area contributed by atoms with Crippen molar-refractivity contribution in [3.05, 3.63) is 18.7 Å². The zero-order valence-electron chi connectivity index (χ0n) is 14.4. The Kier molecular flexibility index (Phi) is 12.4. The van der Waals surface area contributed by atoms with Gasteiger partial charge in [-0.2, -0.15) is 0 Å². The normalized spacial score (nSPS) is 11.1. The van der Waals surface area contributed by atoms with Crippen molar-refractivity contribution in [3.63, 3.8) is 0 Å². The molecule has 1 heterocycles. The number of hydrogen-bond acceptors (Lipinski definition) is 4. The standard InChI is InChI=1S/C11H21N2.C4H11O4P/c1-3-4-5-6-7-8-13-10-9-12(2)11-13;1-3-7-9(5,6)8-4-2/h9-11H,3-8H2,1-2H3;3-4H2,1-2H3,(H,5,6)/q+1;/p-1. The summed E-state index contributed by atoms with van der Waals surface area (Å²) in [4.78, 5) is 10.4. The lowest BCUT2D eigenvalue weighted by molar-refractivity contribution is -0.696. The summed E-state index contributed by atoms with van der Waals surface area (Å²) in [5.74, 6) is 0. The van der Waals surface area contributed by atoms with Gasteiger partial charge in [0.25, 0.3) is 7.82 Å². The van der Waals surface area contributed by atoms with Crippen LogP contribution in [0.5, 0.6) is 0 Å². The summed E-state index contributed by atoms with van der Waals surface area (Å²) in [5, 5.41) is 0. The van der Waals surface area contributed by atoms with Crippen LogP contribution in [0, 0.1) is 0 Å². The number of phosphoric ester groups is 1. The summed E-state index contributed by atoms with van der Waals surface area (Å²) in [7, 11) is -1.88. The highest BCUT2D eigenvalue weighted by Gasteiger charge is 2.04. The third-order valence-corrected chi connectivity index (χ3v) is 4.07. The maximum absolute atomic E-state index is 10.4. The van der Waals surface area contributed by atoms with Gasteiger partial charge in [-0.05, 0) is 26.7 Å². The molecule has 0 spiro atoms. The molecule has 0 aromatic carbocycles. The third kappa shape index (κ3) is 11.9. The van der Waals surface area contributed by atoms with E-state index in [1.54, 1.807) is 13.8 Å². The van der Waals surface area contributed by atoms with Crippen molar-refractivity contribution in [1.82, 2.24) is 4.57 Å². The molecular formula is C15H31N2O4P. The van der Waals surface area contributed by atoms with Crippen molar-refractivity contribution in [3.8, 4) is 0 Å². The first-order valence-electron chi connectivity index (χ1n) is 8.06. The smallest absolute Gasteiger partial charge is 0.267 e. The first-order chi connectivity index (χ1) is 10.4. The number of aromatic nitrogens is 2. The molecule has 1 aromatic heterocycles. The molecule has 0 saturated carbocycles. The number of imidazole rings is 1. The average Bonchev–Trinajstić information content (AvgIpc) is 2.85. The Labute approximate surface area is 134 Å². The van der Waals surface area contributed by atoms with E-state index in [1.807, 2.05) is 0 Å². The van der Waals surface area contributed by atoms with Gasteiger partial charge in [-0.25, -0.2) is 9.13 Å². The van der Waals surface area contributed by atoms with Gasteiger partial charge in [-0.1, -0.05) is 26.2 Å². The highest BCUT2D eigenvalue weighted by molar-refractivity contribution is 7.45. The quantitative estimate of drug-likeness (QED) is 0.375. The van der Waals surface area contributed by atoms with Crippen LogP contribution in [0.4, 0.5) is 0 Å². The molecule has 0 aliphatic rings. The molecule has 130 valence electrons. The molecule has 0 fully saturated rings.